The van der Waals surface area contributed by atoms with Gasteiger partial charge in [-0.1, -0.05) is 0 Å². The molecule has 0 aromatic carbocycles. The van der Waals surface area contributed by atoms with Gasteiger partial charge in [0.05, 0.1) is 11.6 Å². The molecule has 0 aliphatic heterocycles. The molecule has 0 unspecified atom stereocenters. The van der Waals surface area contributed by atoms with Crippen molar-refractivity contribution >= 4 is 43.5 Å². The predicted molar refractivity (Wildman–Crippen MR) is 68.2 cm³/mol. The molecule has 0 amide bonds. The number of hydrogen-bond donors (Lipinski definition) is 0. The van der Waals surface area contributed by atoms with E-state index in [-0.39, 0.29) is 11.3 Å². The van der Waals surface area contributed by atoms with E-state index >= 15 is 0 Å². The Balaban J connectivity index is 2.82. The van der Waals surface area contributed by atoms with Crippen LogP contribution in [-0.4, -0.2) is 22.5 Å². The van der Waals surface area contributed by atoms with Crippen LogP contribution >= 0.6 is 31.9 Å². The summed E-state index contributed by atoms with van der Waals surface area (Å²) in [4.78, 5) is 27.2. The molecule has 2 rings (SSSR count). The molecule has 0 bridgehead atoms. The number of methoxy groups -OCH3 is 1. The van der Waals surface area contributed by atoms with Crippen LogP contribution in [0.5, 0.6) is 0 Å². The normalized spacial score (nSPS) is 10.5. The van der Waals surface area contributed by atoms with Crippen LogP contribution in [0.1, 0.15) is 10.5 Å². The van der Waals surface area contributed by atoms with E-state index in [2.05, 4.69) is 41.6 Å². The van der Waals surface area contributed by atoms with E-state index in [0.29, 0.717) is 10.1 Å². The summed E-state index contributed by atoms with van der Waals surface area (Å²) in [5, 5.41) is 0. The second-order valence-corrected chi connectivity index (χ2v) is 4.94. The van der Waals surface area contributed by atoms with E-state index in [0.717, 1.165) is 10.5 Å². The average molecular weight is 362 g/mol. The fourth-order valence-electron chi connectivity index (χ4n) is 1.34. The van der Waals surface area contributed by atoms with Crippen molar-refractivity contribution in [3.63, 3.8) is 0 Å². The third-order valence-electron chi connectivity index (χ3n) is 2.08. The summed E-state index contributed by atoms with van der Waals surface area (Å²) in [6.07, 6.45) is 1.58. The molecule has 17 heavy (non-hydrogen) atoms. The van der Waals surface area contributed by atoms with Gasteiger partial charge in [-0.2, -0.15) is 0 Å². The van der Waals surface area contributed by atoms with Crippen molar-refractivity contribution in [3.8, 4) is 0 Å². The van der Waals surface area contributed by atoms with Crippen molar-refractivity contribution in [2.24, 2.45) is 0 Å². The zero-order chi connectivity index (χ0) is 12.6. The largest absolute Gasteiger partial charge is 0.464 e. The molecule has 0 aliphatic carbocycles. The van der Waals surface area contributed by atoms with Gasteiger partial charge in [0.25, 0.3) is 5.56 Å². The van der Waals surface area contributed by atoms with Gasteiger partial charge in [0.1, 0.15) is 0 Å². The SMILES string of the molecule is COC(=O)c1cc(=O)n2cc(Br)cc(Br)c2n1. The molecule has 0 spiro atoms. The fourth-order valence-corrected chi connectivity index (χ4v) is 2.61. The third-order valence-corrected chi connectivity index (χ3v) is 3.09. The molecular formula is C10H6Br2N2O3. The van der Waals surface area contributed by atoms with Gasteiger partial charge in [0.2, 0.25) is 0 Å². The summed E-state index contributed by atoms with van der Waals surface area (Å²) in [5.41, 5.74) is -0.000905. The Morgan fingerprint density at radius 3 is 2.76 bits per heavy atom. The minimum atomic E-state index is -0.639. The van der Waals surface area contributed by atoms with E-state index in [9.17, 15) is 9.59 Å². The summed E-state index contributed by atoms with van der Waals surface area (Å²) >= 11 is 6.55. The van der Waals surface area contributed by atoms with Crippen LogP contribution in [0.3, 0.4) is 0 Å². The minimum absolute atomic E-state index is 0.0134. The van der Waals surface area contributed by atoms with Gasteiger partial charge in [-0.3, -0.25) is 9.20 Å². The Morgan fingerprint density at radius 1 is 1.41 bits per heavy atom. The number of pyridine rings is 1. The first-order valence-corrected chi connectivity index (χ1v) is 6.08. The first kappa shape index (κ1) is 12.3. The quantitative estimate of drug-likeness (QED) is 0.729. The standard InChI is InChI=1S/C10H6Br2N2O3/c1-17-10(16)7-3-8(15)14-4-5(11)2-6(12)9(14)13-7/h2-4H,1H3. The van der Waals surface area contributed by atoms with Crippen LogP contribution in [0.4, 0.5) is 0 Å². The Labute approximate surface area is 113 Å². The van der Waals surface area contributed by atoms with Crippen LogP contribution < -0.4 is 5.56 Å². The molecule has 2 aromatic heterocycles. The van der Waals surface area contributed by atoms with Crippen LogP contribution in [0.25, 0.3) is 5.65 Å². The lowest BCUT2D eigenvalue weighted by molar-refractivity contribution is 0.0594. The molecule has 5 nitrogen and oxygen atoms in total. The van der Waals surface area contributed by atoms with E-state index in [1.807, 2.05) is 0 Å². The number of halogens is 2. The highest BCUT2D eigenvalue weighted by Crippen LogP contribution is 2.20. The van der Waals surface area contributed by atoms with Gasteiger partial charge in [-0.15, -0.1) is 0 Å². The van der Waals surface area contributed by atoms with E-state index in [1.165, 1.54) is 11.5 Å². The van der Waals surface area contributed by atoms with Crippen molar-refractivity contribution in [1.82, 2.24) is 9.38 Å². The van der Waals surface area contributed by atoms with Gasteiger partial charge in [-0.25, -0.2) is 9.78 Å². The number of nitrogens with zero attached hydrogens (tertiary/aromatic N) is 2. The lowest BCUT2D eigenvalue weighted by atomic mass is 10.4. The highest BCUT2D eigenvalue weighted by atomic mass is 79.9. The minimum Gasteiger partial charge on any atom is -0.464 e. The van der Waals surface area contributed by atoms with Gasteiger partial charge >= 0.3 is 5.97 Å². The molecule has 2 heterocycles. The lowest BCUT2D eigenvalue weighted by Crippen LogP contribution is -2.18. The molecule has 0 N–H and O–H groups in total. The van der Waals surface area contributed by atoms with E-state index in [1.54, 1.807) is 12.3 Å². The number of carbonyl (C=O) groups is 1. The highest BCUT2D eigenvalue weighted by Gasteiger charge is 2.12. The molecule has 0 atom stereocenters. The van der Waals surface area contributed by atoms with E-state index in [4.69, 9.17) is 0 Å². The van der Waals surface area contributed by atoms with Crippen molar-refractivity contribution in [2.75, 3.05) is 7.11 Å². The monoisotopic (exact) mass is 360 g/mol. The first-order chi connectivity index (χ1) is 8.02. The molecule has 0 saturated carbocycles. The molecule has 0 saturated heterocycles. The fraction of sp³-hybridized carbons (Fsp3) is 0.100. The van der Waals surface area contributed by atoms with Gasteiger partial charge in [-0.05, 0) is 37.9 Å². The maximum atomic E-state index is 11.8. The van der Waals surface area contributed by atoms with Crippen LogP contribution in [-0.2, 0) is 4.74 Å². The topological polar surface area (TPSA) is 60.7 Å². The summed E-state index contributed by atoms with van der Waals surface area (Å²) in [5.74, 6) is -0.639. The number of hydrogen-bond acceptors (Lipinski definition) is 4. The van der Waals surface area contributed by atoms with E-state index < -0.39 is 5.97 Å². The summed E-state index contributed by atoms with van der Waals surface area (Å²) in [6.45, 7) is 0. The smallest absolute Gasteiger partial charge is 0.356 e. The molecule has 88 valence electrons. The first-order valence-electron chi connectivity index (χ1n) is 4.49. The Morgan fingerprint density at radius 2 is 2.12 bits per heavy atom. The molecule has 2 aromatic rings. The number of ether oxygens (including phenoxy) is 1. The van der Waals surface area contributed by atoms with Crippen molar-refractivity contribution in [1.29, 1.82) is 0 Å². The number of carbonyl (C=O) groups excluding carboxylic acids is 1. The number of esters is 1. The second kappa shape index (κ2) is 4.58. The Kier molecular flexibility index (Phi) is 3.30. The van der Waals surface area contributed by atoms with Gasteiger partial charge in [0.15, 0.2) is 11.3 Å². The maximum absolute atomic E-state index is 11.8. The number of fused-ring (bicyclic) bond motifs is 1. The van der Waals surface area contributed by atoms with Gasteiger partial charge in [0, 0.05) is 16.7 Å². The number of aromatic nitrogens is 2. The maximum Gasteiger partial charge on any atom is 0.356 e. The van der Waals surface area contributed by atoms with Crippen molar-refractivity contribution in [3.05, 3.63) is 43.3 Å². The summed E-state index contributed by atoms with van der Waals surface area (Å²) in [6, 6.07) is 2.88. The summed E-state index contributed by atoms with van der Waals surface area (Å²) < 4.78 is 7.20. The van der Waals surface area contributed by atoms with Crippen molar-refractivity contribution in [2.45, 2.75) is 0 Å². The molecular weight excluding hydrogens is 356 g/mol. The van der Waals surface area contributed by atoms with Crippen LogP contribution in [0.2, 0.25) is 0 Å². The lowest BCUT2D eigenvalue weighted by Gasteiger charge is -2.05. The molecule has 0 radical (unpaired) electrons. The van der Waals surface area contributed by atoms with Crippen LogP contribution in [0, 0.1) is 0 Å². The molecule has 0 aliphatic rings. The zero-order valence-electron chi connectivity index (χ0n) is 8.61. The van der Waals surface area contributed by atoms with Crippen LogP contribution in [0.15, 0.2) is 32.1 Å². The summed E-state index contributed by atoms with van der Waals surface area (Å²) in [7, 11) is 1.24. The highest BCUT2D eigenvalue weighted by molar-refractivity contribution is 9.11. The predicted octanol–water partition coefficient (Wildman–Crippen LogP) is 2.01. The van der Waals surface area contributed by atoms with Gasteiger partial charge < -0.3 is 4.74 Å². The second-order valence-electron chi connectivity index (χ2n) is 3.17. The molecule has 0 fully saturated rings. The zero-order valence-corrected chi connectivity index (χ0v) is 11.8. The number of rotatable bonds is 1. The Bertz CT molecular complexity index is 666. The molecule has 7 heteroatoms. The average Bonchev–Trinajstić information content (AvgIpc) is 2.29. The van der Waals surface area contributed by atoms with Crippen molar-refractivity contribution < 1.29 is 9.53 Å². The third kappa shape index (κ3) is 2.25. The Hall–Kier alpha value is -1.21.